The van der Waals surface area contributed by atoms with E-state index in [1.165, 1.54) is 11.3 Å². The van der Waals surface area contributed by atoms with Crippen LogP contribution in [0.2, 0.25) is 0 Å². The van der Waals surface area contributed by atoms with Crippen LogP contribution in [-0.4, -0.2) is 15.9 Å². The molecule has 3 heterocycles. The van der Waals surface area contributed by atoms with Crippen LogP contribution in [0, 0.1) is 0 Å². The number of anilines is 2. The van der Waals surface area contributed by atoms with E-state index in [1.54, 1.807) is 36.8 Å². The second-order valence-corrected chi connectivity index (χ2v) is 4.90. The number of aromatic nitrogens is 2. The fourth-order valence-corrected chi connectivity index (χ4v) is 2.70. The van der Waals surface area contributed by atoms with Crippen molar-refractivity contribution >= 4 is 38.8 Å². The fourth-order valence-electron chi connectivity index (χ4n) is 1.74. The molecule has 0 radical (unpaired) electrons. The highest BCUT2D eigenvalue weighted by molar-refractivity contribution is 7.21. The number of nitrogens with one attached hydrogen (secondary N) is 1. The first-order valence-corrected chi connectivity index (χ1v) is 6.42. The normalized spacial score (nSPS) is 10.5. The third-order valence-corrected chi connectivity index (χ3v) is 3.76. The Morgan fingerprint density at radius 2 is 2.11 bits per heavy atom. The van der Waals surface area contributed by atoms with Gasteiger partial charge < -0.3 is 11.1 Å². The first-order valence-electron chi connectivity index (χ1n) is 5.60. The van der Waals surface area contributed by atoms with E-state index in [4.69, 9.17) is 5.73 Å². The lowest BCUT2D eigenvalue weighted by Crippen LogP contribution is -2.11. The summed E-state index contributed by atoms with van der Waals surface area (Å²) in [7, 11) is 0. The van der Waals surface area contributed by atoms with Crippen LogP contribution < -0.4 is 11.1 Å². The standard InChI is InChI=1S/C13H10N4OS/c14-10-9-4-2-6-16-13(9)19-11(10)12(18)17-8-3-1-5-15-7-8/h1-7H,14H2,(H,17,18). The van der Waals surface area contributed by atoms with Crippen LogP contribution in [0.15, 0.2) is 42.9 Å². The molecule has 94 valence electrons. The van der Waals surface area contributed by atoms with Gasteiger partial charge >= 0.3 is 0 Å². The maximum Gasteiger partial charge on any atom is 0.267 e. The van der Waals surface area contributed by atoms with Gasteiger partial charge in [-0.25, -0.2) is 4.98 Å². The number of nitrogens with two attached hydrogens (primary N) is 1. The molecule has 0 fully saturated rings. The first kappa shape index (κ1) is 11.6. The van der Waals surface area contributed by atoms with Gasteiger partial charge in [0.05, 0.1) is 17.6 Å². The highest BCUT2D eigenvalue weighted by Gasteiger charge is 2.16. The molecule has 0 aliphatic rings. The second kappa shape index (κ2) is 4.66. The number of nitrogens with zero attached hydrogens (tertiary/aromatic N) is 2. The molecule has 0 saturated heterocycles. The number of pyridine rings is 2. The van der Waals surface area contributed by atoms with Crippen LogP contribution in [0.1, 0.15) is 9.67 Å². The van der Waals surface area contributed by atoms with Gasteiger partial charge in [0.2, 0.25) is 0 Å². The number of carbonyl (C=O) groups excluding carboxylic acids is 1. The minimum absolute atomic E-state index is 0.242. The summed E-state index contributed by atoms with van der Waals surface area (Å²) in [6.07, 6.45) is 4.91. The topological polar surface area (TPSA) is 80.9 Å². The second-order valence-electron chi connectivity index (χ2n) is 3.90. The molecular formula is C13H10N4OS. The van der Waals surface area contributed by atoms with Gasteiger partial charge in [-0.2, -0.15) is 0 Å². The number of fused-ring (bicyclic) bond motifs is 1. The zero-order chi connectivity index (χ0) is 13.2. The Labute approximate surface area is 113 Å². The van der Waals surface area contributed by atoms with Crippen LogP contribution in [-0.2, 0) is 0 Å². The molecular weight excluding hydrogens is 260 g/mol. The molecule has 5 nitrogen and oxygen atoms in total. The van der Waals surface area contributed by atoms with Crippen LogP contribution >= 0.6 is 11.3 Å². The van der Waals surface area contributed by atoms with Crippen molar-refractivity contribution in [1.29, 1.82) is 0 Å². The highest BCUT2D eigenvalue weighted by Crippen LogP contribution is 2.32. The first-order chi connectivity index (χ1) is 9.25. The van der Waals surface area contributed by atoms with Crippen LogP contribution in [0.3, 0.4) is 0 Å². The smallest absolute Gasteiger partial charge is 0.267 e. The molecule has 0 aliphatic carbocycles. The molecule has 19 heavy (non-hydrogen) atoms. The van der Waals surface area contributed by atoms with Crippen molar-refractivity contribution in [2.24, 2.45) is 0 Å². The Kier molecular flexibility index (Phi) is 2.85. The van der Waals surface area contributed by atoms with Crippen molar-refractivity contribution in [1.82, 2.24) is 9.97 Å². The molecule has 3 N–H and O–H groups in total. The van der Waals surface area contributed by atoms with Gasteiger partial charge in [-0.15, -0.1) is 11.3 Å². The van der Waals surface area contributed by atoms with Gasteiger partial charge in [-0.1, -0.05) is 0 Å². The van der Waals surface area contributed by atoms with Crippen molar-refractivity contribution in [2.45, 2.75) is 0 Å². The quantitative estimate of drug-likeness (QED) is 0.749. The molecule has 3 aromatic heterocycles. The molecule has 3 rings (SSSR count). The van der Waals surface area contributed by atoms with Gasteiger partial charge in [0, 0.05) is 17.8 Å². The largest absolute Gasteiger partial charge is 0.397 e. The van der Waals surface area contributed by atoms with E-state index in [2.05, 4.69) is 15.3 Å². The van der Waals surface area contributed by atoms with Crippen LogP contribution in [0.4, 0.5) is 11.4 Å². The van der Waals surface area contributed by atoms with Gasteiger partial charge in [-0.3, -0.25) is 9.78 Å². The highest BCUT2D eigenvalue weighted by atomic mass is 32.1. The Morgan fingerprint density at radius 3 is 2.84 bits per heavy atom. The van der Waals surface area contributed by atoms with Crippen molar-refractivity contribution in [2.75, 3.05) is 11.1 Å². The number of hydrogen-bond donors (Lipinski definition) is 2. The molecule has 6 heteroatoms. The van der Waals surface area contributed by atoms with Gasteiger partial charge in [0.25, 0.3) is 5.91 Å². The predicted molar refractivity (Wildman–Crippen MR) is 76.2 cm³/mol. The Balaban J connectivity index is 1.96. The zero-order valence-electron chi connectivity index (χ0n) is 9.83. The average molecular weight is 270 g/mol. The van der Waals surface area contributed by atoms with Gasteiger partial charge in [-0.05, 0) is 24.3 Å². The third kappa shape index (κ3) is 2.13. The van der Waals surface area contributed by atoms with E-state index < -0.39 is 0 Å². The summed E-state index contributed by atoms with van der Waals surface area (Å²) in [5.74, 6) is -0.242. The fraction of sp³-hybridized carbons (Fsp3) is 0. The summed E-state index contributed by atoms with van der Waals surface area (Å²) in [6.45, 7) is 0. The number of hydrogen-bond acceptors (Lipinski definition) is 5. The molecule has 3 aromatic rings. The maximum absolute atomic E-state index is 12.2. The molecule has 0 aliphatic heterocycles. The van der Waals surface area contributed by atoms with E-state index in [0.717, 1.165) is 10.2 Å². The van der Waals surface area contributed by atoms with E-state index in [-0.39, 0.29) is 5.91 Å². The lowest BCUT2D eigenvalue weighted by atomic mass is 10.2. The monoisotopic (exact) mass is 270 g/mol. The van der Waals surface area contributed by atoms with Crippen molar-refractivity contribution in [3.05, 3.63) is 47.7 Å². The summed E-state index contributed by atoms with van der Waals surface area (Å²) < 4.78 is 0. The Morgan fingerprint density at radius 1 is 1.26 bits per heavy atom. The van der Waals surface area contributed by atoms with E-state index in [9.17, 15) is 4.79 Å². The molecule has 1 amide bonds. The Hall–Kier alpha value is -2.47. The molecule has 0 saturated carbocycles. The van der Waals surface area contributed by atoms with Crippen molar-refractivity contribution in [3.63, 3.8) is 0 Å². The van der Waals surface area contributed by atoms with E-state index >= 15 is 0 Å². The molecule has 0 bridgehead atoms. The van der Waals surface area contributed by atoms with Crippen molar-refractivity contribution in [3.8, 4) is 0 Å². The minimum atomic E-state index is -0.242. The molecule has 0 atom stereocenters. The Bertz CT molecular complexity index is 739. The zero-order valence-corrected chi connectivity index (χ0v) is 10.6. The SMILES string of the molecule is Nc1c(C(=O)Nc2cccnc2)sc2ncccc12. The summed E-state index contributed by atoms with van der Waals surface area (Å²) in [5, 5.41) is 3.57. The molecule has 0 unspecified atom stereocenters. The summed E-state index contributed by atoms with van der Waals surface area (Å²) >= 11 is 1.28. The van der Waals surface area contributed by atoms with Gasteiger partial charge in [0.1, 0.15) is 9.71 Å². The lowest BCUT2D eigenvalue weighted by molar-refractivity contribution is 0.103. The van der Waals surface area contributed by atoms with Gasteiger partial charge in [0.15, 0.2) is 0 Å². The van der Waals surface area contributed by atoms with E-state index in [1.807, 2.05) is 6.07 Å². The number of thiophene rings is 1. The van der Waals surface area contributed by atoms with Crippen LogP contribution in [0.5, 0.6) is 0 Å². The third-order valence-electron chi connectivity index (χ3n) is 2.63. The summed E-state index contributed by atoms with van der Waals surface area (Å²) in [6, 6.07) is 7.18. The maximum atomic E-state index is 12.2. The number of amides is 1. The predicted octanol–water partition coefficient (Wildman–Crippen LogP) is 2.53. The number of rotatable bonds is 2. The van der Waals surface area contributed by atoms with Crippen molar-refractivity contribution < 1.29 is 4.79 Å². The van der Waals surface area contributed by atoms with Crippen LogP contribution in [0.25, 0.3) is 10.2 Å². The molecule has 0 spiro atoms. The molecule has 0 aromatic carbocycles. The minimum Gasteiger partial charge on any atom is -0.397 e. The number of carbonyl (C=O) groups is 1. The van der Waals surface area contributed by atoms with E-state index in [0.29, 0.717) is 16.3 Å². The average Bonchev–Trinajstić information content (AvgIpc) is 2.78. The number of nitrogen functional groups attached to an aromatic ring is 1. The summed E-state index contributed by atoms with van der Waals surface area (Å²) in [5.41, 5.74) is 7.09. The summed E-state index contributed by atoms with van der Waals surface area (Å²) in [4.78, 5) is 21.5. The lowest BCUT2D eigenvalue weighted by Gasteiger charge is -2.02.